The molecule has 1 nitrogen and oxygen atoms in total. The normalized spacial score (nSPS) is 17.1. The first-order valence-electron chi connectivity index (χ1n) is 7.09. The maximum absolute atomic E-state index is 13.7. The summed E-state index contributed by atoms with van der Waals surface area (Å²) in [5.41, 5.74) is 2.45. The summed E-state index contributed by atoms with van der Waals surface area (Å²) in [4.78, 5) is 0. The van der Waals surface area contributed by atoms with Gasteiger partial charge in [0.1, 0.15) is 5.82 Å². The molecule has 0 bridgehead atoms. The van der Waals surface area contributed by atoms with Crippen LogP contribution in [0.1, 0.15) is 50.6 Å². The van der Waals surface area contributed by atoms with Crippen molar-refractivity contribution in [1.82, 2.24) is 5.32 Å². The molecule has 0 heterocycles. The number of halogens is 2. The Morgan fingerprint density at radius 2 is 2.21 bits per heavy atom. The first-order chi connectivity index (χ1) is 9.22. The lowest BCUT2D eigenvalue weighted by Gasteiger charge is -2.25. The molecule has 1 aromatic rings. The highest BCUT2D eigenvalue weighted by atomic mass is 79.9. The molecule has 0 saturated heterocycles. The van der Waals surface area contributed by atoms with Crippen LogP contribution in [-0.2, 0) is 0 Å². The Labute approximate surface area is 123 Å². The van der Waals surface area contributed by atoms with Crippen molar-refractivity contribution in [3.8, 4) is 0 Å². The van der Waals surface area contributed by atoms with E-state index in [1.165, 1.54) is 18.4 Å². The fourth-order valence-corrected chi connectivity index (χ4v) is 2.82. The third-order valence-electron chi connectivity index (χ3n) is 3.57. The summed E-state index contributed by atoms with van der Waals surface area (Å²) in [6, 6.07) is 5.63. The van der Waals surface area contributed by atoms with Crippen LogP contribution >= 0.6 is 15.9 Å². The molecule has 1 aliphatic rings. The largest absolute Gasteiger partial charge is 0.307 e. The van der Waals surface area contributed by atoms with Crippen molar-refractivity contribution in [2.24, 2.45) is 0 Å². The van der Waals surface area contributed by atoms with Gasteiger partial charge in [0.2, 0.25) is 0 Å². The summed E-state index contributed by atoms with van der Waals surface area (Å²) in [7, 11) is 0. The van der Waals surface area contributed by atoms with Crippen LogP contribution in [0.3, 0.4) is 0 Å². The van der Waals surface area contributed by atoms with Crippen molar-refractivity contribution < 1.29 is 4.39 Å². The predicted octanol–water partition coefficient (Wildman–Crippen LogP) is 5.13. The molecular formula is C16H21BrFN. The van der Waals surface area contributed by atoms with E-state index in [1.807, 2.05) is 6.07 Å². The topological polar surface area (TPSA) is 12.0 Å². The molecule has 0 radical (unpaired) electrons. The Hall–Kier alpha value is -0.670. The number of nitrogens with one attached hydrogen (secondary N) is 1. The van der Waals surface area contributed by atoms with Gasteiger partial charge in [-0.2, -0.15) is 0 Å². The fourth-order valence-electron chi connectivity index (χ4n) is 2.57. The van der Waals surface area contributed by atoms with Crippen LogP contribution in [0.5, 0.6) is 0 Å². The van der Waals surface area contributed by atoms with Gasteiger partial charge in [-0.3, -0.25) is 0 Å². The van der Waals surface area contributed by atoms with E-state index in [1.54, 1.807) is 12.1 Å². The van der Waals surface area contributed by atoms with E-state index in [4.69, 9.17) is 0 Å². The first kappa shape index (κ1) is 14.7. The predicted molar refractivity (Wildman–Crippen MR) is 81.7 cm³/mol. The molecular weight excluding hydrogens is 305 g/mol. The third-order valence-corrected chi connectivity index (χ3v) is 4.22. The van der Waals surface area contributed by atoms with E-state index in [0.29, 0.717) is 4.47 Å². The zero-order valence-corrected chi connectivity index (χ0v) is 13.0. The van der Waals surface area contributed by atoms with Crippen LogP contribution < -0.4 is 5.32 Å². The number of hydrogen-bond donors (Lipinski definition) is 1. The summed E-state index contributed by atoms with van der Waals surface area (Å²) in [6.07, 6.45) is 8.21. The Morgan fingerprint density at radius 3 is 2.84 bits per heavy atom. The number of allylic oxidation sites excluding steroid dienone is 1. The van der Waals surface area contributed by atoms with E-state index in [9.17, 15) is 4.39 Å². The van der Waals surface area contributed by atoms with E-state index in [0.717, 1.165) is 31.4 Å². The maximum Gasteiger partial charge on any atom is 0.137 e. The van der Waals surface area contributed by atoms with Crippen LogP contribution in [0.15, 0.2) is 34.3 Å². The SMILES string of the molecule is CCCNC(C1=CCCCC1)c1ccc(Br)c(F)c1. The first-order valence-corrected chi connectivity index (χ1v) is 7.89. The molecule has 0 amide bonds. The summed E-state index contributed by atoms with van der Waals surface area (Å²) in [5, 5.41) is 3.55. The zero-order chi connectivity index (χ0) is 13.7. The molecule has 1 aromatic carbocycles. The van der Waals surface area contributed by atoms with Crippen LogP contribution in [0.4, 0.5) is 4.39 Å². The van der Waals surface area contributed by atoms with Crippen LogP contribution in [-0.4, -0.2) is 6.54 Å². The molecule has 104 valence electrons. The lowest BCUT2D eigenvalue weighted by molar-refractivity contribution is 0.541. The van der Waals surface area contributed by atoms with Crippen molar-refractivity contribution >= 4 is 15.9 Å². The van der Waals surface area contributed by atoms with E-state index in [-0.39, 0.29) is 11.9 Å². The van der Waals surface area contributed by atoms with Gasteiger partial charge in [-0.15, -0.1) is 0 Å². The Kier molecular flexibility index (Phi) is 5.59. The lowest BCUT2D eigenvalue weighted by Crippen LogP contribution is -2.24. The summed E-state index contributed by atoms with van der Waals surface area (Å²) in [5.74, 6) is -0.183. The van der Waals surface area contributed by atoms with Crippen molar-refractivity contribution in [3.05, 3.63) is 45.7 Å². The lowest BCUT2D eigenvalue weighted by atomic mass is 9.89. The molecule has 0 saturated carbocycles. The highest BCUT2D eigenvalue weighted by Crippen LogP contribution is 2.31. The molecule has 1 atom stereocenters. The van der Waals surface area contributed by atoms with Gasteiger partial charge < -0.3 is 5.32 Å². The second-order valence-corrected chi connectivity index (χ2v) is 5.94. The summed E-state index contributed by atoms with van der Waals surface area (Å²) < 4.78 is 14.3. The molecule has 1 aliphatic carbocycles. The summed E-state index contributed by atoms with van der Waals surface area (Å²) in [6.45, 7) is 3.11. The van der Waals surface area contributed by atoms with Crippen molar-refractivity contribution in [1.29, 1.82) is 0 Å². The van der Waals surface area contributed by atoms with E-state index in [2.05, 4.69) is 34.2 Å². The Morgan fingerprint density at radius 1 is 1.37 bits per heavy atom. The Balaban J connectivity index is 2.25. The molecule has 0 fully saturated rings. The minimum Gasteiger partial charge on any atom is -0.307 e. The summed E-state index contributed by atoms with van der Waals surface area (Å²) >= 11 is 3.22. The monoisotopic (exact) mass is 325 g/mol. The average molecular weight is 326 g/mol. The maximum atomic E-state index is 13.7. The molecule has 2 rings (SSSR count). The van der Waals surface area contributed by atoms with Crippen molar-refractivity contribution in [2.75, 3.05) is 6.54 Å². The number of benzene rings is 1. The smallest absolute Gasteiger partial charge is 0.137 e. The highest BCUT2D eigenvalue weighted by Gasteiger charge is 2.18. The molecule has 19 heavy (non-hydrogen) atoms. The van der Waals surface area contributed by atoms with Gasteiger partial charge >= 0.3 is 0 Å². The van der Waals surface area contributed by atoms with Gasteiger partial charge in [0.15, 0.2) is 0 Å². The molecule has 1 N–H and O–H groups in total. The minimum atomic E-state index is -0.183. The van der Waals surface area contributed by atoms with E-state index >= 15 is 0 Å². The van der Waals surface area contributed by atoms with Crippen LogP contribution in [0.2, 0.25) is 0 Å². The zero-order valence-electron chi connectivity index (χ0n) is 11.4. The quantitative estimate of drug-likeness (QED) is 0.740. The van der Waals surface area contributed by atoms with Gasteiger partial charge in [-0.1, -0.05) is 24.6 Å². The highest BCUT2D eigenvalue weighted by molar-refractivity contribution is 9.10. The van der Waals surface area contributed by atoms with Gasteiger partial charge in [0.05, 0.1) is 10.5 Å². The second-order valence-electron chi connectivity index (χ2n) is 5.09. The Bertz CT molecular complexity index is 456. The average Bonchev–Trinajstić information content (AvgIpc) is 2.44. The van der Waals surface area contributed by atoms with Gasteiger partial charge in [0.25, 0.3) is 0 Å². The van der Waals surface area contributed by atoms with Gasteiger partial charge in [-0.05, 0) is 72.3 Å². The van der Waals surface area contributed by atoms with Gasteiger partial charge in [-0.25, -0.2) is 4.39 Å². The number of rotatable bonds is 5. The third kappa shape index (κ3) is 3.90. The molecule has 1 unspecified atom stereocenters. The molecule has 0 spiro atoms. The van der Waals surface area contributed by atoms with Crippen LogP contribution in [0.25, 0.3) is 0 Å². The van der Waals surface area contributed by atoms with Crippen molar-refractivity contribution in [3.63, 3.8) is 0 Å². The van der Waals surface area contributed by atoms with Gasteiger partial charge in [0, 0.05) is 0 Å². The minimum absolute atomic E-state index is 0.169. The standard InChI is InChI=1S/C16H21BrFN/c1-2-10-19-16(12-6-4-3-5-7-12)13-8-9-14(17)15(18)11-13/h6,8-9,11,16,19H,2-5,7,10H2,1H3. The molecule has 0 aliphatic heterocycles. The molecule has 3 heteroatoms. The fraction of sp³-hybridized carbons (Fsp3) is 0.500. The van der Waals surface area contributed by atoms with Crippen molar-refractivity contribution in [2.45, 2.75) is 45.1 Å². The second kappa shape index (κ2) is 7.20. The van der Waals surface area contributed by atoms with E-state index < -0.39 is 0 Å². The number of hydrogen-bond acceptors (Lipinski definition) is 1. The van der Waals surface area contributed by atoms with Crippen LogP contribution in [0, 0.1) is 5.82 Å². The molecule has 0 aromatic heterocycles.